The van der Waals surface area contributed by atoms with Crippen molar-refractivity contribution in [2.24, 2.45) is 0 Å². The number of fused-ring (bicyclic) bond motifs is 2. The van der Waals surface area contributed by atoms with Crippen LogP contribution in [0.4, 0.5) is 0 Å². The number of pyridine rings is 2. The van der Waals surface area contributed by atoms with Gasteiger partial charge < -0.3 is 4.98 Å². The van der Waals surface area contributed by atoms with Crippen LogP contribution in [0, 0.1) is 0 Å². The topological polar surface area (TPSA) is 109 Å². The maximum atomic E-state index is 4.80. The fourth-order valence-corrected chi connectivity index (χ4v) is 3.94. The Morgan fingerprint density at radius 2 is 1.76 bits per heavy atom. The Hall–Kier alpha value is -3.98. The van der Waals surface area contributed by atoms with Gasteiger partial charge in [0.15, 0.2) is 11.5 Å². The van der Waals surface area contributed by atoms with Crippen molar-refractivity contribution in [3.8, 4) is 34.2 Å². The van der Waals surface area contributed by atoms with Crippen LogP contribution >= 0.6 is 11.3 Å². The van der Waals surface area contributed by atoms with Crippen LogP contribution in [0.3, 0.4) is 0 Å². The summed E-state index contributed by atoms with van der Waals surface area (Å²) in [4.78, 5) is 25.9. The molecule has 0 saturated carbocycles. The Kier molecular flexibility index (Phi) is 3.47. The van der Waals surface area contributed by atoms with Gasteiger partial charge in [-0.25, -0.2) is 9.97 Å². The largest absolute Gasteiger partial charge is 0.336 e. The molecule has 29 heavy (non-hydrogen) atoms. The molecule has 6 heterocycles. The number of hydrogen-bond acceptors (Lipinski definition) is 7. The first-order chi connectivity index (χ1) is 14.4. The molecule has 2 N–H and O–H groups in total. The number of H-pyrrole nitrogens is 2. The molecule has 0 aliphatic heterocycles. The third kappa shape index (κ3) is 2.59. The average molecular weight is 396 g/mol. The molecule has 6 aromatic rings. The SMILES string of the molecule is c1cnc(-c2ccc3[nH]nc(-c4nc5c(-c6ccsc6)nccc5[nH]4)c3n2)cn1. The van der Waals surface area contributed by atoms with E-state index in [0.29, 0.717) is 17.2 Å². The molecular weight excluding hydrogens is 384 g/mol. The van der Waals surface area contributed by atoms with E-state index in [-0.39, 0.29) is 0 Å². The highest BCUT2D eigenvalue weighted by Gasteiger charge is 2.17. The normalized spacial score (nSPS) is 11.4. The Morgan fingerprint density at radius 3 is 2.62 bits per heavy atom. The van der Waals surface area contributed by atoms with Crippen LogP contribution in [0.25, 0.3) is 56.2 Å². The molecule has 0 aliphatic rings. The molecule has 0 bridgehead atoms. The highest BCUT2D eigenvalue weighted by atomic mass is 32.1. The molecule has 0 amide bonds. The van der Waals surface area contributed by atoms with E-state index in [4.69, 9.17) is 9.97 Å². The summed E-state index contributed by atoms with van der Waals surface area (Å²) in [5, 5.41) is 11.6. The molecule has 0 aromatic carbocycles. The van der Waals surface area contributed by atoms with Gasteiger partial charge in [0.25, 0.3) is 0 Å². The summed E-state index contributed by atoms with van der Waals surface area (Å²) < 4.78 is 0. The second-order valence-corrected chi connectivity index (χ2v) is 7.19. The van der Waals surface area contributed by atoms with Crippen molar-refractivity contribution in [1.29, 1.82) is 0 Å². The molecule has 6 aromatic heterocycles. The highest BCUT2D eigenvalue weighted by Crippen LogP contribution is 2.31. The molecule has 0 spiro atoms. The number of rotatable bonds is 3. The lowest BCUT2D eigenvalue weighted by molar-refractivity contribution is 1.10. The van der Waals surface area contributed by atoms with Crippen LogP contribution in [0.2, 0.25) is 0 Å². The fourth-order valence-electron chi connectivity index (χ4n) is 3.30. The number of thiophene rings is 1. The zero-order chi connectivity index (χ0) is 19.2. The van der Waals surface area contributed by atoms with Gasteiger partial charge in [-0.05, 0) is 29.6 Å². The highest BCUT2D eigenvalue weighted by molar-refractivity contribution is 7.08. The molecule has 0 unspecified atom stereocenters. The lowest BCUT2D eigenvalue weighted by Gasteiger charge is -1.99. The minimum Gasteiger partial charge on any atom is -0.336 e. The van der Waals surface area contributed by atoms with Crippen molar-refractivity contribution in [2.75, 3.05) is 0 Å². The summed E-state index contributed by atoms with van der Waals surface area (Å²) in [6.45, 7) is 0. The van der Waals surface area contributed by atoms with E-state index in [1.54, 1.807) is 36.1 Å². The number of aromatic nitrogens is 8. The van der Waals surface area contributed by atoms with Crippen molar-refractivity contribution < 1.29 is 0 Å². The Morgan fingerprint density at radius 1 is 0.793 bits per heavy atom. The van der Waals surface area contributed by atoms with Crippen LogP contribution in [0.1, 0.15) is 0 Å². The molecule has 9 heteroatoms. The third-order valence-electron chi connectivity index (χ3n) is 4.65. The summed E-state index contributed by atoms with van der Waals surface area (Å²) in [7, 11) is 0. The first-order valence-electron chi connectivity index (χ1n) is 8.86. The van der Waals surface area contributed by atoms with E-state index in [1.807, 2.05) is 29.6 Å². The van der Waals surface area contributed by atoms with Crippen molar-refractivity contribution in [1.82, 2.24) is 40.1 Å². The zero-order valence-electron chi connectivity index (χ0n) is 14.9. The van der Waals surface area contributed by atoms with Gasteiger partial charge in [0, 0.05) is 29.5 Å². The standard InChI is InChI=1S/C20H12N8S/c1-2-14-18(24-12(1)15-9-21-6-7-22-15)19(28-27-14)20-25-13-3-5-23-16(17(13)26-20)11-4-8-29-10-11/h1-10H,(H,25,26)(H,27,28). The van der Waals surface area contributed by atoms with Crippen LogP contribution < -0.4 is 0 Å². The predicted octanol–water partition coefficient (Wildman–Crippen LogP) is 4.08. The lowest BCUT2D eigenvalue weighted by Crippen LogP contribution is -1.89. The molecule has 0 radical (unpaired) electrons. The fraction of sp³-hybridized carbons (Fsp3) is 0. The van der Waals surface area contributed by atoms with Gasteiger partial charge >= 0.3 is 0 Å². The molecule has 8 nitrogen and oxygen atoms in total. The first-order valence-corrected chi connectivity index (χ1v) is 9.80. The van der Waals surface area contributed by atoms with E-state index in [0.717, 1.165) is 39.0 Å². The van der Waals surface area contributed by atoms with Crippen molar-refractivity contribution in [3.63, 3.8) is 0 Å². The monoisotopic (exact) mass is 396 g/mol. The molecule has 0 fully saturated rings. The van der Waals surface area contributed by atoms with Gasteiger partial charge in [-0.2, -0.15) is 16.4 Å². The van der Waals surface area contributed by atoms with E-state index >= 15 is 0 Å². The maximum absolute atomic E-state index is 4.80. The van der Waals surface area contributed by atoms with Gasteiger partial charge in [0.2, 0.25) is 0 Å². The molecule has 0 atom stereocenters. The third-order valence-corrected chi connectivity index (χ3v) is 5.34. The van der Waals surface area contributed by atoms with Gasteiger partial charge in [0.05, 0.1) is 28.6 Å². The number of nitrogens with one attached hydrogen (secondary N) is 2. The Bertz CT molecular complexity index is 1450. The van der Waals surface area contributed by atoms with Crippen LogP contribution in [0.5, 0.6) is 0 Å². The second kappa shape index (κ2) is 6.28. The molecule has 138 valence electrons. The smallest absolute Gasteiger partial charge is 0.161 e. The quantitative estimate of drug-likeness (QED) is 0.466. The minimum absolute atomic E-state index is 0.638. The maximum Gasteiger partial charge on any atom is 0.161 e. The first kappa shape index (κ1) is 16.0. The molecule has 6 rings (SSSR count). The second-order valence-electron chi connectivity index (χ2n) is 6.41. The number of hydrogen-bond donors (Lipinski definition) is 2. The van der Waals surface area contributed by atoms with Crippen LogP contribution in [-0.2, 0) is 0 Å². The summed E-state index contributed by atoms with van der Waals surface area (Å²) >= 11 is 1.63. The van der Waals surface area contributed by atoms with E-state index in [9.17, 15) is 0 Å². The summed E-state index contributed by atoms with van der Waals surface area (Å²) in [6.07, 6.45) is 6.76. The van der Waals surface area contributed by atoms with Gasteiger partial charge in [0.1, 0.15) is 16.7 Å². The zero-order valence-corrected chi connectivity index (χ0v) is 15.7. The Balaban J connectivity index is 1.53. The van der Waals surface area contributed by atoms with Crippen molar-refractivity contribution in [2.45, 2.75) is 0 Å². The van der Waals surface area contributed by atoms with E-state index < -0.39 is 0 Å². The average Bonchev–Trinajstić information content (AvgIpc) is 3.52. The lowest BCUT2D eigenvalue weighted by atomic mass is 10.2. The van der Waals surface area contributed by atoms with Crippen LogP contribution in [-0.4, -0.2) is 40.1 Å². The minimum atomic E-state index is 0.638. The number of aromatic amines is 2. The molecular formula is C20H12N8S. The van der Waals surface area contributed by atoms with Crippen molar-refractivity contribution >= 4 is 33.4 Å². The summed E-state index contributed by atoms with van der Waals surface area (Å²) in [6, 6.07) is 7.78. The van der Waals surface area contributed by atoms with Crippen molar-refractivity contribution in [3.05, 3.63) is 59.8 Å². The van der Waals surface area contributed by atoms with E-state index in [2.05, 4.69) is 35.5 Å². The molecule has 0 saturated heterocycles. The van der Waals surface area contributed by atoms with Crippen LogP contribution in [0.15, 0.2) is 59.8 Å². The van der Waals surface area contributed by atoms with Gasteiger partial charge in [-0.15, -0.1) is 0 Å². The number of imidazole rings is 1. The van der Waals surface area contributed by atoms with Gasteiger partial charge in [-0.1, -0.05) is 0 Å². The molecule has 0 aliphatic carbocycles. The summed E-state index contributed by atoms with van der Waals surface area (Å²) in [5.74, 6) is 0.638. The number of nitrogens with zero attached hydrogens (tertiary/aromatic N) is 6. The van der Waals surface area contributed by atoms with E-state index in [1.165, 1.54) is 0 Å². The van der Waals surface area contributed by atoms with Gasteiger partial charge in [-0.3, -0.25) is 20.1 Å². The summed E-state index contributed by atoms with van der Waals surface area (Å²) in [5.41, 5.74) is 7.23. The predicted molar refractivity (Wildman–Crippen MR) is 111 cm³/mol. The Labute approximate surface area is 167 Å².